The molecule has 0 bridgehead atoms. The van der Waals surface area contributed by atoms with Gasteiger partial charge in [-0.15, -0.1) is 23.5 Å². The summed E-state index contributed by atoms with van der Waals surface area (Å²) in [4.78, 5) is 70.4. The number of rotatable bonds is 21. The number of thioether (sulfide) groups is 2. The van der Waals surface area contributed by atoms with Gasteiger partial charge in [-0.05, 0) is 72.3 Å². The van der Waals surface area contributed by atoms with Crippen molar-refractivity contribution in [1.82, 2.24) is 97.5 Å². The Bertz CT molecular complexity index is 6990. The number of carbonyl (C=O) groups excluding carboxylic acids is 4. The van der Waals surface area contributed by atoms with Crippen LogP contribution in [-0.4, -0.2) is 179 Å². The van der Waals surface area contributed by atoms with Gasteiger partial charge in [-0.1, -0.05) is 30.8 Å². The maximum Gasteiger partial charge on any atom is 0.387 e. The lowest BCUT2D eigenvalue weighted by Gasteiger charge is -2.22. The van der Waals surface area contributed by atoms with Gasteiger partial charge in [-0.3, -0.25) is 37.9 Å². The molecule has 36 nitrogen and oxygen atoms in total. The summed E-state index contributed by atoms with van der Waals surface area (Å²) in [7, 11) is 5.00. The van der Waals surface area contributed by atoms with Crippen molar-refractivity contribution in [3.63, 3.8) is 0 Å². The first-order chi connectivity index (χ1) is 62.9. The van der Waals surface area contributed by atoms with Gasteiger partial charge in [0.15, 0.2) is 22.6 Å². The number of ether oxygens (including phenoxy) is 5. The predicted octanol–water partition coefficient (Wildman–Crippen LogP) is 14.9. The summed E-state index contributed by atoms with van der Waals surface area (Å²) in [6, 6.07) is 26.9. The smallest absolute Gasteiger partial charge is 0.387 e. The molecule has 0 atom stereocenters. The second-order valence-corrected chi connectivity index (χ2v) is 30.5. The fourth-order valence-corrected chi connectivity index (χ4v) is 15.9. The monoisotopic (exact) mass is 1820 g/mol. The number of nitrogens with zero attached hydrogens (tertiary/aromatic N) is 20. The molecule has 46 heteroatoms. The molecule has 20 rings (SSSR count). The number of anilines is 7. The van der Waals surface area contributed by atoms with Crippen molar-refractivity contribution in [2.45, 2.75) is 49.7 Å². The Hall–Kier alpha value is -16.2. The molecule has 0 radical (unpaired) electrons. The van der Waals surface area contributed by atoms with Crippen LogP contribution < -0.4 is 60.9 Å². The van der Waals surface area contributed by atoms with Crippen LogP contribution in [0.25, 0.3) is 78.4 Å². The molecule has 0 spiro atoms. The topological polar surface area (TPSA) is 391 Å². The molecule has 12 aromatic heterocycles. The van der Waals surface area contributed by atoms with Crippen molar-refractivity contribution >= 4 is 120 Å². The molecule has 3 aliphatic heterocycles. The van der Waals surface area contributed by atoms with Crippen LogP contribution in [0.15, 0.2) is 218 Å². The molecular formula is C84H69F8N27O9S2. The van der Waals surface area contributed by atoms with Gasteiger partial charge in [0, 0.05) is 177 Å². The molecule has 0 unspecified atom stereocenters. The summed E-state index contributed by atoms with van der Waals surface area (Å²) in [6.45, 7) is -4.12. The van der Waals surface area contributed by atoms with Gasteiger partial charge in [0.2, 0.25) is 0 Å². The van der Waals surface area contributed by atoms with Crippen LogP contribution in [0.2, 0.25) is 0 Å². The zero-order chi connectivity index (χ0) is 90.5. The van der Waals surface area contributed by atoms with E-state index < -0.39 is 50.1 Å². The molecule has 3 aliphatic rings. The van der Waals surface area contributed by atoms with E-state index in [9.17, 15) is 54.3 Å². The van der Waals surface area contributed by atoms with Gasteiger partial charge < -0.3 is 60.9 Å². The third-order valence-corrected chi connectivity index (χ3v) is 21.9. The minimum atomic E-state index is -3.04. The van der Waals surface area contributed by atoms with Crippen molar-refractivity contribution in [3.8, 4) is 73.8 Å². The predicted molar refractivity (Wildman–Crippen MR) is 464 cm³/mol. The van der Waals surface area contributed by atoms with Crippen molar-refractivity contribution in [3.05, 3.63) is 231 Å². The SMILES string of the molecule is C=C1CSc2cc(-c3nn(C)cc3NC(=O)c3cnn4cccnc34)c(OC(F)F)cc2N1.CCn1cc(NC(=O)c2cnn3cccnc23)c(-c2cc3ccccc3cc2OC(F)F)n1.Cn1cc(NC(=O)c2cnn3cccnc23)c(-c2cc3c(cc2OC(F)F)NCCO3)n1.Cn1cc(NC(=O)c2cnn3cccnc23)c(-c2cc3c(cc2OC(F)F)NCCS3)n1. The Morgan fingerprint density at radius 2 is 0.823 bits per heavy atom. The van der Waals surface area contributed by atoms with Crippen LogP contribution in [0, 0.1) is 0 Å². The average Bonchev–Trinajstić information content (AvgIpc) is 1.24. The quantitative estimate of drug-likeness (QED) is 0.0329. The first-order valence-electron chi connectivity index (χ1n) is 39.2. The number of hydrogen-bond acceptors (Lipinski definition) is 26. The fourth-order valence-electron chi connectivity index (χ4n) is 14.1. The van der Waals surface area contributed by atoms with Crippen molar-refractivity contribution in [2.24, 2.45) is 21.1 Å². The molecule has 4 amide bonds. The largest absolute Gasteiger partial charge is 0.490 e. The van der Waals surface area contributed by atoms with Crippen molar-refractivity contribution < 1.29 is 78.0 Å². The van der Waals surface area contributed by atoms with E-state index in [4.69, 9.17) is 23.7 Å². The minimum absolute atomic E-state index is 0.0272. The highest BCUT2D eigenvalue weighted by Crippen LogP contribution is 2.48. The summed E-state index contributed by atoms with van der Waals surface area (Å²) in [5, 5.41) is 56.3. The van der Waals surface area contributed by atoms with E-state index in [1.807, 2.05) is 31.2 Å². The lowest BCUT2D eigenvalue weighted by Crippen LogP contribution is -2.18. The highest BCUT2D eigenvalue weighted by molar-refractivity contribution is 7.99. The number of nitrogens with one attached hydrogen (secondary N) is 7. The first kappa shape index (κ1) is 86.0. The number of hydrogen-bond donors (Lipinski definition) is 7. The highest BCUT2D eigenvalue weighted by atomic mass is 32.2. The van der Waals surface area contributed by atoms with Crippen LogP contribution in [0.3, 0.4) is 0 Å². The molecule has 0 saturated heterocycles. The van der Waals surface area contributed by atoms with Gasteiger partial charge >= 0.3 is 26.4 Å². The Morgan fingerprint density at radius 3 is 1.25 bits per heavy atom. The average molecular weight is 1820 g/mol. The lowest BCUT2D eigenvalue weighted by atomic mass is 10.0. The Balaban J connectivity index is 0.000000121. The fraction of sp³-hybridized carbons (Fsp3) is 0.167. The second-order valence-electron chi connectivity index (χ2n) is 28.4. The molecule has 130 heavy (non-hydrogen) atoms. The molecular weight excluding hydrogens is 1750 g/mol. The van der Waals surface area contributed by atoms with Crippen LogP contribution >= 0.6 is 23.5 Å². The first-order valence-corrected chi connectivity index (χ1v) is 41.1. The van der Waals surface area contributed by atoms with Gasteiger partial charge in [0.25, 0.3) is 23.6 Å². The van der Waals surface area contributed by atoms with Crippen LogP contribution in [0.1, 0.15) is 48.4 Å². The Labute approximate surface area is 736 Å². The Kier molecular flexibility index (Phi) is 24.6. The van der Waals surface area contributed by atoms with E-state index in [1.54, 1.807) is 173 Å². The number of aromatic nitrogens is 20. The van der Waals surface area contributed by atoms with E-state index in [2.05, 4.69) is 105 Å². The second kappa shape index (κ2) is 37.2. The molecule has 5 aromatic carbocycles. The molecule has 662 valence electrons. The summed E-state index contributed by atoms with van der Waals surface area (Å²) in [5.74, 6) is -0.0940. The van der Waals surface area contributed by atoms with E-state index in [0.29, 0.717) is 122 Å². The summed E-state index contributed by atoms with van der Waals surface area (Å²) < 4.78 is 142. The third-order valence-electron chi connectivity index (χ3n) is 19.7. The normalized spacial score (nSPS) is 12.6. The van der Waals surface area contributed by atoms with Gasteiger partial charge in [-0.2, -0.15) is 75.9 Å². The number of alkyl halides is 8. The number of fused-ring (bicyclic) bond motifs is 8. The van der Waals surface area contributed by atoms with Crippen LogP contribution in [0.4, 0.5) is 74.9 Å². The maximum absolute atomic E-state index is 13.2. The van der Waals surface area contributed by atoms with Gasteiger partial charge in [-0.25, -0.2) is 38.0 Å². The molecule has 17 aromatic rings. The van der Waals surface area contributed by atoms with Gasteiger partial charge in [0.05, 0.1) is 70.2 Å². The molecule has 0 aliphatic carbocycles. The van der Waals surface area contributed by atoms with Crippen LogP contribution in [-0.2, 0) is 27.7 Å². The van der Waals surface area contributed by atoms with Crippen LogP contribution in [0.5, 0.6) is 28.7 Å². The number of carbonyl (C=O) groups is 4. The van der Waals surface area contributed by atoms with E-state index >= 15 is 0 Å². The molecule has 0 saturated carbocycles. The van der Waals surface area contributed by atoms with Gasteiger partial charge in [0.1, 0.15) is 80.4 Å². The highest BCUT2D eigenvalue weighted by Gasteiger charge is 2.31. The van der Waals surface area contributed by atoms with Crippen molar-refractivity contribution in [1.29, 1.82) is 0 Å². The molecule has 0 fully saturated rings. The van der Waals surface area contributed by atoms with E-state index in [0.717, 1.165) is 44.2 Å². The van der Waals surface area contributed by atoms with E-state index in [1.165, 1.54) is 80.8 Å². The standard InChI is InChI=1S/C23H18F2N6O2.C21H17F2N7O2S.C20H17F2N7O3.C20H17F2N7O2S/c1-2-30-13-18(28-22(32)17-12-27-31-9-5-8-26-21(17)31)20(29-30)16-10-14-6-3-4-7-15(14)11-19(16)33-23(24)25;1-11-10-33-17-6-12(16(32-21(22)23)7-14(17)26-11)18-15(9-29(2)28-18)27-20(31)13-8-25-30-5-3-4-24-19(13)30;1-28-10-14(26-19(30)12-9-25-29-5-2-3-24-18(12)29)17(27-28)11-7-16-13(23-4-6-31-16)8-15(11)32-20(21)22;1-28-10-14(26-19(30)12-9-25-29-5-2-3-24-18(12)29)17(27-28)11-7-16-13(23-4-6-32-16)8-15(11)31-20(21)22/h3-13,23H,2H2,1H3,(H,28,32);3-9,21,26H,1,10H2,2H3,(H,27,31);2*2-3,5,7-10,20,23H,4,6H2,1H3,(H,26,30). The minimum Gasteiger partial charge on any atom is -0.490 e. The number of aryl methyl sites for hydroxylation is 4. The maximum atomic E-state index is 13.2. The summed E-state index contributed by atoms with van der Waals surface area (Å²) in [6.07, 6.45) is 25.0. The van der Waals surface area contributed by atoms with E-state index in [-0.39, 0.29) is 56.5 Å². The zero-order valence-corrected chi connectivity index (χ0v) is 69.8. The summed E-state index contributed by atoms with van der Waals surface area (Å²) in [5.41, 5.74) is 9.03. The number of amides is 4. The molecule has 7 N–H and O–H groups in total. The molecule has 15 heterocycles. The number of benzene rings is 5. The number of halogens is 8. The van der Waals surface area contributed by atoms with Crippen molar-refractivity contribution in [2.75, 3.05) is 68.4 Å². The third kappa shape index (κ3) is 18.6. The summed E-state index contributed by atoms with van der Waals surface area (Å²) >= 11 is 3.12. The lowest BCUT2D eigenvalue weighted by molar-refractivity contribution is -0.0501. The zero-order valence-electron chi connectivity index (χ0n) is 68.2. The Morgan fingerprint density at radius 1 is 0.454 bits per heavy atom.